The lowest BCUT2D eigenvalue weighted by atomic mass is 10.1. The van der Waals surface area contributed by atoms with E-state index in [0.29, 0.717) is 0 Å². The molecule has 3 N–H and O–H groups in total. The highest BCUT2D eigenvalue weighted by molar-refractivity contribution is 6.02. The maximum Gasteiger partial charge on any atom is 0.155 e. The van der Waals surface area contributed by atoms with Crippen LogP contribution in [0.25, 0.3) is 0 Å². The van der Waals surface area contributed by atoms with Gasteiger partial charge in [-0.1, -0.05) is 6.92 Å². The zero-order valence-electron chi connectivity index (χ0n) is 9.66. The Balaban J connectivity index is 2.34. The Morgan fingerprint density at radius 3 is 2.94 bits per heavy atom. The lowest BCUT2D eigenvalue weighted by molar-refractivity contribution is 0.258. The molecule has 0 aliphatic carbocycles. The molecule has 0 aromatic heterocycles. The van der Waals surface area contributed by atoms with Crippen molar-refractivity contribution in [1.29, 1.82) is 0 Å². The number of hydrogen-bond donors (Lipinski definition) is 2. The first kappa shape index (κ1) is 10.8. The van der Waals surface area contributed by atoms with Crippen LogP contribution in [0.5, 0.6) is 5.75 Å². The molecule has 1 heterocycles. The van der Waals surface area contributed by atoms with E-state index in [1.165, 1.54) is 0 Å². The van der Waals surface area contributed by atoms with Gasteiger partial charge in [0.05, 0.1) is 5.69 Å². The van der Waals surface area contributed by atoms with Crippen molar-refractivity contribution in [3.63, 3.8) is 0 Å². The monoisotopic (exact) mass is 219 g/mol. The summed E-state index contributed by atoms with van der Waals surface area (Å²) in [7, 11) is 0. The van der Waals surface area contributed by atoms with E-state index < -0.39 is 0 Å². The minimum Gasteiger partial charge on any atom is -0.480 e. The molecule has 2 rings (SSSR count). The van der Waals surface area contributed by atoms with Crippen molar-refractivity contribution < 1.29 is 4.74 Å². The second kappa shape index (κ2) is 4.43. The summed E-state index contributed by atoms with van der Waals surface area (Å²) in [6.07, 6.45) is 0.923. The van der Waals surface area contributed by atoms with Gasteiger partial charge in [0.2, 0.25) is 0 Å². The molecule has 0 bridgehead atoms. The van der Waals surface area contributed by atoms with E-state index in [0.717, 1.165) is 35.9 Å². The number of hydrogen-bond acceptors (Lipinski definition) is 3. The number of anilines is 2. The molecule has 1 aromatic rings. The highest BCUT2D eigenvalue weighted by Gasteiger charge is 2.23. The standard InChI is InChI=1S/C12H17N3O/c1-3-10-12(14-4-2)15-9-7-8(13)5-6-11(9)16-10/h5-7,10H,3-4,13H2,1-2H3,(H,14,15). The van der Waals surface area contributed by atoms with E-state index >= 15 is 0 Å². The minimum absolute atomic E-state index is 0.0241. The SMILES string of the molecule is CCN=C1Nc2cc(N)ccc2OC1CC. The van der Waals surface area contributed by atoms with E-state index in [9.17, 15) is 0 Å². The molecule has 1 aliphatic heterocycles. The molecule has 1 aromatic carbocycles. The predicted octanol–water partition coefficient (Wildman–Crippen LogP) is 2.27. The summed E-state index contributed by atoms with van der Waals surface area (Å²) in [6.45, 7) is 4.84. The van der Waals surface area contributed by atoms with Crippen molar-refractivity contribution in [3.8, 4) is 5.75 Å². The Morgan fingerprint density at radius 2 is 2.25 bits per heavy atom. The van der Waals surface area contributed by atoms with Crippen LogP contribution in [-0.4, -0.2) is 18.5 Å². The molecule has 0 saturated heterocycles. The number of benzene rings is 1. The molecule has 86 valence electrons. The van der Waals surface area contributed by atoms with Gasteiger partial charge in [-0.25, -0.2) is 0 Å². The predicted molar refractivity (Wildman–Crippen MR) is 67.2 cm³/mol. The molecule has 0 fully saturated rings. The number of fused-ring (bicyclic) bond motifs is 1. The summed E-state index contributed by atoms with van der Waals surface area (Å²) < 4.78 is 5.85. The van der Waals surface area contributed by atoms with Crippen molar-refractivity contribution in [2.24, 2.45) is 4.99 Å². The topological polar surface area (TPSA) is 59.6 Å². The summed E-state index contributed by atoms with van der Waals surface area (Å²) in [5.74, 6) is 1.74. The van der Waals surface area contributed by atoms with E-state index in [1.54, 1.807) is 0 Å². The zero-order valence-corrected chi connectivity index (χ0v) is 9.66. The largest absolute Gasteiger partial charge is 0.480 e. The van der Waals surface area contributed by atoms with E-state index in [4.69, 9.17) is 10.5 Å². The molecule has 0 spiro atoms. The third kappa shape index (κ3) is 1.96. The van der Waals surface area contributed by atoms with Crippen LogP contribution in [0.1, 0.15) is 20.3 Å². The number of ether oxygens (including phenoxy) is 1. The summed E-state index contributed by atoms with van der Waals surface area (Å²) in [5.41, 5.74) is 7.36. The van der Waals surface area contributed by atoms with Gasteiger partial charge in [0.1, 0.15) is 11.6 Å². The second-order valence-corrected chi connectivity index (χ2v) is 3.75. The van der Waals surface area contributed by atoms with E-state index in [2.05, 4.69) is 17.2 Å². The summed E-state index contributed by atoms with van der Waals surface area (Å²) in [5, 5.41) is 3.28. The van der Waals surface area contributed by atoms with Gasteiger partial charge < -0.3 is 15.8 Å². The van der Waals surface area contributed by atoms with E-state index in [-0.39, 0.29) is 6.10 Å². The third-order valence-corrected chi connectivity index (χ3v) is 2.54. The molecule has 4 nitrogen and oxygen atoms in total. The van der Waals surface area contributed by atoms with Gasteiger partial charge in [-0.3, -0.25) is 4.99 Å². The van der Waals surface area contributed by atoms with Gasteiger partial charge in [0, 0.05) is 12.2 Å². The van der Waals surface area contributed by atoms with Crippen LogP contribution in [0.15, 0.2) is 23.2 Å². The smallest absolute Gasteiger partial charge is 0.155 e. The van der Waals surface area contributed by atoms with Crippen molar-refractivity contribution in [3.05, 3.63) is 18.2 Å². The fourth-order valence-corrected chi connectivity index (χ4v) is 1.76. The van der Waals surface area contributed by atoms with Crippen molar-refractivity contribution >= 4 is 17.2 Å². The Kier molecular flexibility index (Phi) is 2.99. The molecule has 1 aliphatic rings. The van der Waals surface area contributed by atoms with Gasteiger partial charge in [-0.2, -0.15) is 0 Å². The van der Waals surface area contributed by atoms with Crippen LogP contribution < -0.4 is 15.8 Å². The quantitative estimate of drug-likeness (QED) is 0.750. The molecular weight excluding hydrogens is 202 g/mol. The van der Waals surface area contributed by atoms with Crippen molar-refractivity contribution in [2.45, 2.75) is 26.4 Å². The molecule has 0 radical (unpaired) electrons. The number of nitrogens with two attached hydrogens (primary N) is 1. The fraction of sp³-hybridized carbons (Fsp3) is 0.417. The highest BCUT2D eigenvalue weighted by atomic mass is 16.5. The van der Waals surface area contributed by atoms with Gasteiger partial charge in [-0.15, -0.1) is 0 Å². The van der Waals surface area contributed by atoms with Crippen molar-refractivity contribution in [1.82, 2.24) is 0 Å². The molecule has 0 amide bonds. The van der Waals surface area contributed by atoms with Crippen LogP contribution >= 0.6 is 0 Å². The van der Waals surface area contributed by atoms with Gasteiger partial charge >= 0.3 is 0 Å². The number of amidine groups is 1. The maximum atomic E-state index is 5.85. The molecule has 16 heavy (non-hydrogen) atoms. The fourth-order valence-electron chi connectivity index (χ4n) is 1.76. The summed E-state index contributed by atoms with van der Waals surface area (Å²) in [6, 6.07) is 5.60. The average molecular weight is 219 g/mol. The normalized spacial score (nSPS) is 21.1. The lowest BCUT2D eigenvalue weighted by Gasteiger charge is -2.28. The maximum absolute atomic E-state index is 5.85. The Morgan fingerprint density at radius 1 is 1.44 bits per heavy atom. The average Bonchev–Trinajstić information content (AvgIpc) is 2.28. The molecular formula is C12H17N3O. The van der Waals surface area contributed by atoms with Crippen LogP contribution in [0.4, 0.5) is 11.4 Å². The minimum atomic E-state index is 0.0241. The molecule has 1 atom stereocenters. The lowest BCUT2D eigenvalue weighted by Crippen LogP contribution is -2.36. The number of nitrogen functional groups attached to an aromatic ring is 1. The van der Waals surface area contributed by atoms with Gasteiger partial charge in [0.25, 0.3) is 0 Å². The molecule has 0 saturated carbocycles. The highest BCUT2D eigenvalue weighted by Crippen LogP contribution is 2.32. The number of nitrogens with one attached hydrogen (secondary N) is 1. The Hall–Kier alpha value is -1.71. The number of rotatable bonds is 2. The van der Waals surface area contributed by atoms with Crippen LogP contribution in [0.3, 0.4) is 0 Å². The first-order valence-corrected chi connectivity index (χ1v) is 5.62. The van der Waals surface area contributed by atoms with Crippen LogP contribution in [-0.2, 0) is 0 Å². The van der Waals surface area contributed by atoms with Gasteiger partial charge in [0.15, 0.2) is 6.10 Å². The summed E-state index contributed by atoms with van der Waals surface area (Å²) >= 11 is 0. The number of nitrogens with zero attached hydrogens (tertiary/aromatic N) is 1. The van der Waals surface area contributed by atoms with Crippen LogP contribution in [0.2, 0.25) is 0 Å². The first-order chi connectivity index (χ1) is 7.74. The third-order valence-electron chi connectivity index (χ3n) is 2.54. The van der Waals surface area contributed by atoms with Gasteiger partial charge in [-0.05, 0) is 31.5 Å². The first-order valence-electron chi connectivity index (χ1n) is 5.62. The molecule has 4 heteroatoms. The Labute approximate surface area is 95.5 Å². The second-order valence-electron chi connectivity index (χ2n) is 3.75. The number of aliphatic imine (C=N–C) groups is 1. The molecule has 1 unspecified atom stereocenters. The zero-order chi connectivity index (χ0) is 11.5. The summed E-state index contributed by atoms with van der Waals surface area (Å²) in [4.78, 5) is 4.40. The van der Waals surface area contributed by atoms with Crippen molar-refractivity contribution in [2.75, 3.05) is 17.6 Å². The van der Waals surface area contributed by atoms with Crippen LogP contribution in [0, 0.1) is 0 Å². The Bertz CT molecular complexity index is 415. The van der Waals surface area contributed by atoms with E-state index in [1.807, 2.05) is 25.1 Å².